The predicted octanol–water partition coefficient (Wildman–Crippen LogP) is -0.0664. The summed E-state index contributed by atoms with van der Waals surface area (Å²) in [4.78, 5) is 20.9. The van der Waals surface area contributed by atoms with E-state index >= 15 is 0 Å². The lowest BCUT2D eigenvalue weighted by Crippen LogP contribution is -2.31. The lowest BCUT2D eigenvalue weighted by molar-refractivity contribution is -0.138. The van der Waals surface area contributed by atoms with Gasteiger partial charge in [-0.05, 0) is 13.0 Å². The first-order valence-electron chi connectivity index (χ1n) is 3.22. The van der Waals surface area contributed by atoms with Crippen LogP contribution in [0.1, 0.15) is 13.3 Å². The van der Waals surface area contributed by atoms with Gasteiger partial charge in [-0.1, -0.05) is 6.08 Å². The van der Waals surface area contributed by atoms with Gasteiger partial charge < -0.3 is 10.8 Å². The van der Waals surface area contributed by atoms with Gasteiger partial charge in [0.25, 0.3) is 0 Å². The molecule has 0 aliphatic heterocycles. The number of rotatable bonds is 4. The van der Waals surface area contributed by atoms with Gasteiger partial charge >= 0.3 is 5.97 Å². The van der Waals surface area contributed by atoms with E-state index in [2.05, 4.69) is 0 Å². The molecule has 0 saturated carbocycles. The fraction of sp³-hybridized carbons (Fsp3) is 0.429. The van der Waals surface area contributed by atoms with Crippen LogP contribution in [0.2, 0.25) is 0 Å². The van der Waals surface area contributed by atoms with E-state index in [1.165, 1.54) is 12.2 Å². The van der Waals surface area contributed by atoms with Gasteiger partial charge in [0.05, 0.1) is 12.5 Å². The van der Waals surface area contributed by atoms with Crippen molar-refractivity contribution < 1.29 is 14.7 Å². The smallest absolute Gasteiger partial charge is 0.305 e. The Morgan fingerprint density at radius 1 is 1.64 bits per heavy atom. The van der Waals surface area contributed by atoms with Gasteiger partial charge in [0.2, 0.25) is 0 Å². The molecule has 0 aromatic carbocycles. The van der Waals surface area contributed by atoms with E-state index in [0.29, 0.717) is 0 Å². The third-order valence-electron chi connectivity index (χ3n) is 1.09. The number of hydrogen-bond acceptors (Lipinski definition) is 3. The first-order chi connectivity index (χ1) is 5.07. The molecule has 11 heavy (non-hydrogen) atoms. The van der Waals surface area contributed by atoms with Crippen LogP contribution in [0.25, 0.3) is 0 Å². The lowest BCUT2D eigenvalue weighted by Gasteiger charge is -2.02. The fourth-order valence-corrected chi connectivity index (χ4v) is 0.577. The monoisotopic (exact) mass is 157 g/mol. The predicted molar refractivity (Wildman–Crippen MR) is 40.0 cm³/mol. The number of aliphatic carboxylic acids is 1. The topological polar surface area (TPSA) is 80.4 Å². The summed E-state index contributed by atoms with van der Waals surface area (Å²) < 4.78 is 0. The number of carbonyl (C=O) groups excluding carboxylic acids is 1. The van der Waals surface area contributed by atoms with Crippen LogP contribution in [-0.4, -0.2) is 22.9 Å². The minimum Gasteiger partial charge on any atom is -0.481 e. The average molecular weight is 157 g/mol. The summed E-state index contributed by atoms with van der Waals surface area (Å²) in [6, 6.07) is -0.913. The van der Waals surface area contributed by atoms with Gasteiger partial charge in [0.1, 0.15) is 0 Å². The van der Waals surface area contributed by atoms with Crippen molar-refractivity contribution >= 4 is 11.8 Å². The molecule has 0 radical (unpaired) electrons. The molecule has 4 heteroatoms. The summed E-state index contributed by atoms with van der Waals surface area (Å²) >= 11 is 0. The molecule has 0 fully saturated rings. The molecule has 0 amide bonds. The summed E-state index contributed by atoms with van der Waals surface area (Å²) in [6.07, 6.45) is 2.49. The molecule has 0 aliphatic carbocycles. The van der Waals surface area contributed by atoms with Crippen LogP contribution in [0.15, 0.2) is 12.2 Å². The van der Waals surface area contributed by atoms with E-state index in [0.717, 1.165) is 0 Å². The minimum atomic E-state index is -1.06. The van der Waals surface area contributed by atoms with Crippen LogP contribution in [0.4, 0.5) is 0 Å². The zero-order chi connectivity index (χ0) is 8.85. The second-order valence-electron chi connectivity index (χ2n) is 2.11. The van der Waals surface area contributed by atoms with E-state index in [1.54, 1.807) is 6.92 Å². The van der Waals surface area contributed by atoms with Gasteiger partial charge in [0.15, 0.2) is 5.78 Å². The molecule has 0 heterocycles. The van der Waals surface area contributed by atoms with E-state index in [-0.39, 0.29) is 12.2 Å². The molecule has 0 saturated heterocycles. The van der Waals surface area contributed by atoms with Crippen molar-refractivity contribution in [3.63, 3.8) is 0 Å². The second-order valence-corrected chi connectivity index (χ2v) is 2.11. The van der Waals surface area contributed by atoms with Crippen LogP contribution in [0.5, 0.6) is 0 Å². The van der Waals surface area contributed by atoms with E-state index < -0.39 is 12.0 Å². The molecule has 3 N–H and O–H groups in total. The maximum Gasteiger partial charge on any atom is 0.305 e. The van der Waals surface area contributed by atoms with Crippen molar-refractivity contribution in [3.05, 3.63) is 12.2 Å². The maximum atomic E-state index is 10.8. The Morgan fingerprint density at radius 3 is 2.55 bits per heavy atom. The number of ketones is 1. The van der Waals surface area contributed by atoms with Gasteiger partial charge in [-0.15, -0.1) is 0 Å². The van der Waals surface area contributed by atoms with Crippen LogP contribution in [0, 0.1) is 0 Å². The Kier molecular flexibility index (Phi) is 4.14. The van der Waals surface area contributed by atoms with Crippen molar-refractivity contribution in [1.82, 2.24) is 0 Å². The van der Waals surface area contributed by atoms with Crippen molar-refractivity contribution in [2.75, 3.05) is 0 Å². The highest BCUT2D eigenvalue weighted by molar-refractivity contribution is 5.96. The number of nitrogens with two attached hydrogens (primary N) is 1. The zero-order valence-corrected chi connectivity index (χ0v) is 6.28. The summed E-state index contributed by atoms with van der Waals surface area (Å²) in [5.41, 5.74) is 5.22. The van der Waals surface area contributed by atoms with E-state index in [1.807, 2.05) is 0 Å². The van der Waals surface area contributed by atoms with Crippen LogP contribution in [-0.2, 0) is 9.59 Å². The highest BCUT2D eigenvalue weighted by Crippen LogP contribution is 1.91. The highest BCUT2D eigenvalue weighted by Gasteiger charge is 2.13. The Labute approximate surface area is 64.7 Å². The van der Waals surface area contributed by atoms with Gasteiger partial charge in [-0.25, -0.2) is 0 Å². The molecule has 0 spiro atoms. The second kappa shape index (κ2) is 4.62. The highest BCUT2D eigenvalue weighted by atomic mass is 16.4. The summed E-state index contributed by atoms with van der Waals surface area (Å²) in [5, 5.41) is 8.24. The van der Waals surface area contributed by atoms with E-state index in [9.17, 15) is 9.59 Å². The quantitative estimate of drug-likeness (QED) is 0.560. The Bertz CT molecular complexity index is 186. The van der Waals surface area contributed by atoms with Crippen molar-refractivity contribution in [1.29, 1.82) is 0 Å². The molecule has 0 unspecified atom stereocenters. The summed E-state index contributed by atoms with van der Waals surface area (Å²) in [7, 11) is 0. The lowest BCUT2D eigenvalue weighted by atomic mass is 10.1. The van der Waals surface area contributed by atoms with Crippen molar-refractivity contribution in [2.24, 2.45) is 5.73 Å². The van der Waals surface area contributed by atoms with Gasteiger partial charge in [-0.3, -0.25) is 9.59 Å². The molecule has 0 bridgehead atoms. The molecular weight excluding hydrogens is 146 g/mol. The fourth-order valence-electron chi connectivity index (χ4n) is 0.577. The minimum absolute atomic E-state index is 0.316. The molecular formula is C7H11NO3. The van der Waals surface area contributed by atoms with E-state index in [4.69, 9.17) is 10.8 Å². The number of carbonyl (C=O) groups is 2. The molecule has 0 aromatic rings. The largest absolute Gasteiger partial charge is 0.481 e. The van der Waals surface area contributed by atoms with Crippen molar-refractivity contribution in [3.8, 4) is 0 Å². The summed E-state index contributed by atoms with van der Waals surface area (Å²) in [6.45, 7) is 1.67. The maximum absolute atomic E-state index is 10.8. The number of allylic oxidation sites excluding steroid dienone is 1. The standard InChI is InChI=1S/C7H11NO3/c1-2-3-6(9)5(8)4-7(10)11/h2-3,5H,4,8H2,1H3,(H,10,11)/b3-2+/t5-/m0/s1. The zero-order valence-electron chi connectivity index (χ0n) is 6.28. The normalized spacial score (nSPS) is 13.3. The third-order valence-corrected chi connectivity index (χ3v) is 1.09. The van der Waals surface area contributed by atoms with Crippen molar-refractivity contribution in [2.45, 2.75) is 19.4 Å². The van der Waals surface area contributed by atoms with Gasteiger partial charge in [0, 0.05) is 0 Å². The Morgan fingerprint density at radius 2 is 2.18 bits per heavy atom. The molecule has 1 atom stereocenters. The average Bonchev–Trinajstić information content (AvgIpc) is 1.86. The Balaban J connectivity index is 3.92. The van der Waals surface area contributed by atoms with Crippen LogP contribution < -0.4 is 5.73 Å². The number of carboxylic acids is 1. The molecule has 4 nitrogen and oxygen atoms in total. The van der Waals surface area contributed by atoms with Gasteiger partial charge in [-0.2, -0.15) is 0 Å². The summed E-state index contributed by atoms with van der Waals surface area (Å²) in [5.74, 6) is -1.41. The number of carboxylic acid groups (broad SMARTS) is 1. The SMILES string of the molecule is C/C=C/C(=O)[C@@H](N)CC(=O)O. The molecule has 0 rings (SSSR count). The van der Waals surface area contributed by atoms with Crippen LogP contribution >= 0.6 is 0 Å². The van der Waals surface area contributed by atoms with Crippen LogP contribution in [0.3, 0.4) is 0 Å². The molecule has 0 aliphatic rings. The Hall–Kier alpha value is -1.16. The molecule has 0 aromatic heterocycles. The number of hydrogen-bond donors (Lipinski definition) is 2. The first kappa shape index (κ1) is 9.84. The third kappa shape index (κ3) is 4.27. The molecule has 62 valence electrons. The first-order valence-corrected chi connectivity index (χ1v) is 3.22.